The molecule has 0 bridgehead atoms. The number of aromatic nitrogens is 1. The Morgan fingerprint density at radius 3 is 2.39 bits per heavy atom. The van der Waals surface area contributed by atoms with Crippen molar-refractivity contribution in [2.24, 2.45) is 7.05 Å². The van der Waals surface area contributed by atoms with Crippen LogP contribution in [0.3, 0.4) is 0 Å². The monoisotopic (exact) mass is 374 g/mol. The van der Waals surface area contributed by atoms with E-state index in [4.69, 9.17) is 9.47 Å². The highest BCUT2D eigenvalue weighted by Gasteiger charge is 2.25. The minimum Gasteiger partial charge on any atom is -0.497 e. The number of hydrogen-bond donors (Lipinski definition) is 0. The van der Waals surface area contributed by atoms with E-state index in [2.05, 4.69) is 6.07 Å². The van der Waals surface area contributed by atoms with E-state index in [9.17, 15) is 10.1 Å². The highest BCUT2D eigenvalue weighted by Crippen LogP contribution is 2.34. The molecular weight excluding hydrogens is 352 g/mol. The molecule has 1 aromatic heterocycles. The minimum atomic E-state index is -0.429. The first kappa shape index (κ1) is 19.2. The van der Waals surface area contributed by atoms with Gasteiger partial charge in [0.2, 0.25) is 0 Å². The Morgan fingerprint density at radius 1 is 1.11 bits per heavy atom. The molecule has 3 rings (SSSR count). The van der Waals surface area contributed by atoms with Crippen molar-refractivity contribution in [3.8, 4) is 34.1 Å². The summed E-state index contributed by atoms with van der Waals surface area (Å²) in [7, 11) is 3.41. The number of methoxy groups -OCH3 is 1. The fourth-order valence-electron chi connectivity index (χ4n) is 3.29. The number of nitriles is 1. The topological polar surface area (TPSA) is 64.2 Å². The summed E-state index contributed by atoms with van der Waals surface area (Å²) in [5.74, 6) is 0.359. The molecule has 3 aromatic rings. The van der Waals surface area contributed by atoms with E-state index in [1.165, 1.54) is 0 Å². The van der Waals surface area contributed by atoms with Crippen molar-refractivity contribution >= 4 is 5.97 Å². The molecule has 5 heteroatoms. The lowest BCUT2D eigenvalue weighted by Crippen LogP contribution is -2.11. The molecule has 0 aliphatic heterocycles. The largest absolute Gasteiger partial charge is 0.497 e. The lowest BCUT2D eigenvalue weighted by atomic mass is 9.97. The summed E-state index contributed by atoms with van der Waals surface area (Å²) in [5, 5.41) is 9.67. The number of rotatable bonds is 5. The van der Waals surface area contributed by atoms with Gasteiger partial charge in [-0.1, -0.05) is 36.4 Å². The van der Waals surface area contributed by atoms with Gasteiger partial charge in [0.15, 0.2) is 0 Å². The second-order valence-electron chi connectivity index (χ2n) is 6.38. The van der Waals surface area contributed by atoms with Crippen LogP contribution < -0.4 is 4.74 Å². The molecule has 0 fully saturated rings. The smallest absolute Gasteiger partial charge is 0.355 e. The maximum absolute atomic E-state index is 12.5. The zero-order valence-electron chi connectivity index (χ0n) is 16.4. The van der Waals surface area contributed by atoms with E-state index in [1.807, 2.05) is 55.5 Å². The standard InChI is InChI=1S/C23H22N2O3/c1-5-28-23(26)22-21(20(14-24)15(2)25(22)3)17-11-9-16(10-12-17)18-7-6-8-19(13-18)27-4/h6-13H,5H2,1-4H3. The molecule has 28 heavy (non-hydrogen) atoms. The first-order valence-electron chi connectivity index (χ1n) is 9.03. The van der Waals surface area contributed by atoms with Crippen LogP contribution in [0, 0.1) is 18.3 Å². The number of ether oxygens (including phenoxy) is 2. The summed E-state index contributed by atoms with van der Waals surface area (Å²) >= 11 is 0. The van der Waals surface area contributed by atoms with Crippen molar-refractivity contribution in [3.63, 3.8) is 0 Å². The van der Waals surface area contributed by atoms with Gasteiger partial charge in [-0.3, -0.25) is 0 Å². The number of carbonyl (C=O) groups is 1. The molecule has 0 saturated heterocycles. The maximum atomic E-state index is 12.5. The van der Waals surface area contributed by atoms with E-state index in [0.717, 1.165) is 28.1 Å². The first-order chi connectivity index (χ1) is 13.5. The van der Waals surface area contributed by atoms with Gasteiger partial charge in [-0.25, -0.2) is 4.79 Å². The number of benzene rings is 2. The Morgan fingerprint density at radius 2 is 1.79 bits per heavy atom. The Bertz CT molecular complexity index is 1060. The van der Waals surface area contributed by atoms with Crippen LogP contribution in [-0.4, -0.2) is 24.3 Å². The Labute approximate surface area is 164 Å². The highest BCUT2D eigenvalue weighted by molar-refractivity contribution is 5.98. The van der Waals surface area contributed by atoms with E-state index < -0.39 is 5.97 Å². The fraction of sp³-hybridized carbons (Fsp3) is 0.217. The van der Waals surface area contributed by atoms with Crippen molar-refractivity contribution in [1.29, 1.82) is 5.26 Å². The molecule has 1 heterocycles. The normalized spacial score (nSPS) is 10.4. The van der Waals surface area contributed by atoms with Crippen molar-refractivity contribution in [1.82, 2.24) is 4.57 Å². The zero-order chi connectivity index (χ0) is 20.3. The molecule has 0 N–H and O–H groups in total. The Hall–Kier alpha value is -3.52. The van der Waals surface area contributed by atoms with Gasteiger partial charge in [-0.15, -0.1) is 0 Å². The summed E-state index contributed by atoms with van der Waals surface area (Å²) in [4.78, 5) is 12.5. The van der Waals surface area contributed by atoms with Crippen LogP contribution in [0.4, 0.5) is 0 Å². The third kappa shape index (κ3) is 3.37. The summed E-state index contributed by atoms with van der Waals surface area (Å²) in [6.07, 6.45) is 0. The molecule has 0 aliphatic rings. The quantitative estimate of drug-likeness (QED) is 0.606. The van der Waals surface area contributed by atoms with Gasteiger partial charge in [0.05, 0.1) is 19.3 Å². The minimum absolute atomic E-state index is 0.277. The predicted octanol–water partition coefficient (Wildman–Crippen LogP) is 4.72. The zero-order valence-corrected chi connectivity index (χ0v) is 16.4. The average Bonchev–Trinajstić information content (AvgIpc) is 2.98. The molecule has 0 aliphatic carbocycles. The van der Waals surface area contributed by atoms with Crippen LogP contribution in [-0.2, 0) is 11.8 Å². The van der Waals surface area contributed by atoms with Crippen molar-refractivity contribution < 1.29 is 14.3 Å². The third-order valence-corrected chi connectivity index (χ3v) is 4.84. The van der Waals surface area contributed by atoms with E-state index in [0.29, 0.717) is 16.8 Å². The van der Waals surface area contributed by atoms with Gasteiger partial charge >= 0.3 is 5.97 Å². The number of carbonyl (C=O) groups excluding carboxylic acids is 1. The SMILES string of the molecule is CCOC(=O)c1c(-c2ccc(-c3cccc(OC)c3)cc2)c(C#N)c(C)n1C. The second-order valence-corrected chi connectivity index (χ2v) is 6.38. The van der Waals surface area contributed by atoms with Crippen molar-refractivity contribution in [2.45, 2.75) is 13.8 Å². The van der Waals surface area contributed by atoms with Gasteiger partial charge in [-0.05, 0) is 42.7 Å². The maximum Gasteiger partial charge on any atom is 0.355 e. The predicted molar refractivity (Wildman–Crippen MR) is 108 cm³/mol. The number of hydrogen-bond acceptors (Lipinski definition) is 4. The lowest BCUT2D eigenvalue weighted by Gasteiger charge is -2.09. The third-order valence-electron chi connectivity index (χ3n) is 4.84. The van der Waals surface area contributed by atoms with E-state index >= 15 is 0 Å². The van der Waals surface area contributed by atoms with Crippen LogP contribution in [0.2, 0.25) is 0 Å². The van der Waals surface area contributed by atoms with Crippen LogP contribution >= 0.6 is 0 Å². The molecular formula is C23H22N2O3. The van der Waals surface area contributed by atoms with E-state index in [1.54, 1.807) is 25.6 Å². The molecule has 0 amide bonds. The van der Waals surface area contributed by atoms with E-state index in [-0.39, 0.29) is 6.61 Å². The Balaban J connectivity index is 2.10. The lowest BCUT2D eigenvalue weighted by molar-refractivity contribution is 0.0516. The van der Waals surface area contributed by atoms with Crippen LogP contribution in [0.1, 0.15) is 28.7 Å². The molecule has 0 unspecified atom stereocenters. The number of nitrogens with zero attached hydrogens (tertiary/aromatic N) is 2. The summed E-state index contributed by atoms with van der Waals surface area (Å²) < 4.78 is 12.2. The van der Waals surface area contributed by atoms with Gasteiger partial charge in [0.1, 0.15) is 17.5 Å². The summed E-state index contributed by atoms with van der Waals surface area (Å²) in [5.41, 5.74) is 5.07. The Kier molecular flexibility index (Phi) is 5.51. The van der Waals surface area contributed by atoms with Gasteiger partial charge in [0.25, 0.3) is 0 Å². The molecule has 0 spiro atoms. The van der Waals surface area contributed by atoms with Crippen LogP contribution in [0.5, 0.6) is 5.75 Å². The van der Waals surface area contributed by atoms with Gasteiger partial charge < -0.3 is 14.0 Å². The van der Waals surface area contributed by atoms with Gasteiger partial charge in [-0.2, -0.15) is 5.26 Å². The second kappa shape index (κ2) is 8.01. The molecule has 0 saturated carbocycles. The van der Waals surface area contributed by atoms with Gasteiger partial charge in [0, 0.05) is 18.3 Å². The summed E-state index contributed by atoms with van der Waals surface area (Å²) in [6.45, 7) is 3.87. The first-order valence-corrected chi connectivity index (χ1v) is 9.03. The highest BCUT2D eigenvalue weighted by atomic mass is 16.5. The molecule has 5 nitrogen and oxygen atoms in total. The molecule has 142 valence electrons. The fourth-order valence-corrected chi connectivity index (χ4v) is 3.29. The summed E-state index contributed by atoms with van der Waals surface area (Å²) in [6, 6.07) is 17.8. The molecule has 2 aromatic carbocycles. The number of esters is 1. The van der Waals surface area contributed by atoms with Crippen LogP contribution in [0.15, 0.2) is 48.5 Å². The average molecular weight is 374 g/mol. The van der Waals surface area contributed by atoms with Crippen molar-refractivity contribution in [3.05, 3.63) is 65.5 Å². The molecule has 0 radical (unpaired) electrons. The van der Waals surface area contributed by atoms with Crippen LogP contribution in [0.25, 0.3) is 22.3 Å². The molecule has 0 atom stereocenters. The van der Waals surface area contributed by atoms with Crippen molar-refractivity contribution in [2.75, 3.05) is 13.7 Å².